The first kappa shape index (κ1) is 20.5. The number of phenolic OH excluding ortho intramolecular Hbond substituents is 2. The molecule has 150 valence electrons. The first-order valence-corrected chi connectivity index (χ1v) is 9.75. The summed E-state index contributed by atoms with van der Waals surface area (Å²) in [7, 11) is 0. The van der Waals surface area contributed by atoms with Crippen molar-refractivity contribution in [3.05, 3.63) is 95.1 Å². The van der Waals surface area contributed by atoms with Gasteiger partial charge in [0.05, 0.1) is 5.56 Å². The highest BCUT2D eigenvalue weighted by Crippen LogP contribution is 2.26. The van der Waals surface area contributed by atoms with Crippen LogP contribution in [0.3, 0.4) is 0 Å². The topological polar surface area (TPSA) is 69.6 Å². The molecule has 0 heterocycles. The van der Waals surface area contributed by atoms with E-state index in [9.17, 15) is 15.0 Å². The third kappa shape index (κ3) is 5.61. The fourth-order valence-corrected chi connectivity index (χ4v) is 3.39. The quantitative estimate of drug-likeness (QED) is 0.549. The highest BCUT2D eigenvalue weighted by atomic mass is 16.3. The summed E-state index contributed by atoms with van der Waals surface area (Å²) in [6.07, 6.45) is 1.60. The van der Waals surface area contributed by atoms with Gasteiger partial charge in [0, 0.05) is 6.54 Å². The van der Waals surface area contributed by atoms with Gasteiger partial charge in [-0.2, -0.15) is 0 Å². The number of phenols is 2. The molecule has 0 spiro atoms. The first-order valence-electron chi connectivity index (χ1n) is 9.75. The number of hydrogen-bond acceptors (Lipinski definition) is 3. The highest BCUT2D eigenvalue weighted by Gasteiger charge is 2.22. The van der Waals surface area contributed by atoms with E-state index in [1.807, 2.05) is 24.3 Å². The number of carbonyl (C=O) groups is 1. The van der Waals surface area contributed by atoms with Gasteiger partial charge in [0.2, 0.25) is 0 Å². The average molecular weight is 389 g/mol. The lowest BCUT2D eigenvalue weighted by atomic mass is 9.83. The average Bonchev–Trinajstić information content (AvgIpc) is 2.70. The van der Waals surface area contributed by atoms with Gasteiger partial charge in [-0.25, -0.2) is 0 Å². The number of aromatic hydroxyl groups is 2. The van der Waals surface area contributed by atoms with E-state index in [0.717, 1.165) is 18.4 Å². The second-order valence-electron chi connectivity index (χ2n) is 8.15. The lowest BCUT2D eigenvalue weighted by molar-refractivity contribution is 0.0933. The van der Waals surface area contributed by atoms with E-state index in [2.05, 4.69) is 31.3 Å². The Morgan fingerprint density at radius 1 is 0.862 bits per heavy atom. The molecule has 0 bridgehead atoms. The van der Waals surface area contributed by atoms with Gasteiger partial charge in [-0.3, -0.25) is 4.79 Å². The molecular weight excluding hydrogens is 362 g/mol. The number of rotatable bonds is 7. The molecule has 3 aromatic rings. The van der Waals surface area contributed by atoms with Crippen LogP contribution in [0.15, 0.2) is 72.8 Å². The summed E-state index contributed by atoms with van der Waals surface area (Å²) in [6, 6.07) is 22.2. The van der Waals surface area contributed by atoms with Gasteiger partial charge in [-0.15, -0.1) is 0 Å². The van der Waals surface area contributed by atoms with Crippen molar-refractivity contribution in [2.75, 3.05) is 6.54 Å². The van der Waals surface area contributed by atoms with Gasteiger partial charge in [0.15, 0.2) is 0 Å². The molecule has 4 heteroatoms. The molecule has 0 fully saturated rings. The van der Waals surface area contributed by atoms with Crippen molar-refractivity contribution in [1.82, 2.24) is 5.32 Å². The van der Waals surface area contributed by atoms with Gasteiger partial charge in [0.25, 0.3) is 5.91 Å². The van der Waals surface area contributed by atoms with E-state index >= 15 is 0 Å². The normalized spacial score (nSPS) is 11.2. The van der Waals surface area contributed by atoms with Crippen molar-refractivity contribution in [2.24, 2.45) is 5.41 Å². The Hall–Kier alpha value is -3.27. The number of benzene rings is 3. The van der Waals surface area contributed by atoms with E-state index in [1.54, 1.807) is 30.3 Å². The molecule has 0 aliphatic carbocycles. The summed E-state index contributed by atoms with van der Waals surface area (Å²) >= 11 is 0. The summed E-state index contributed by atoms with van der Waals surface area (Å²) in [4.78, 5) is 12.4. The minimum Gasteiger partial charge on any atom is -0.508 e. The lowest BCUT2D eigenvalue weighted by Crippen LogP contribution is -2.35. The number of para-hydroxylation sites is 1. The van der Waals surface area contributed by atoms with Crippen LogP contribution in [0.5, 0.6) is 11.5 Å². The van der Waals surface area contributed by atoms with Crippen LogP contribution in [0.2, 0.25) is 0 Å². The number of nitrogens with one attached hydrogen (secondary N) is 1. The van der Waals surface area contributed by atoms with Gasteiger partial charge >= 0.3 is 0 Å². The Labute approximate surface area is 171 Å². The molecule has 29 heavy (non-hydrogen) atoms. The fourth-order valence-electron chi connectivity index (χ4n) is 3.39. The minimum absolute atomic E-state index is 0.0120. The molecule has 3 rings (SSSR count). The highest BCUT2D eigenvalue weighted by molar-refractivity contribution is 5.96. The van der Waals surface area contributed by atoms with E-state index in [-0.39, 0.29) is 28.4 Å². The van der Waals surface area contributed by atoms with Crippen molar-refractivity contribution < 1.29 is 15.0 Å². The molecule has 0 saturated carbocycles. The number of amides is 1. The van der Waals surface area contributed by atoms with Crippen LogP contribution in [0.4, 0.5) is 0 Å². The molecule has 0 aliphatic rings. The SMILES string of the molecule is CC(C)(CNC(=O)c1ccccc1O)Cc1ccccc1Cc1ccc(O)cc1. The van der Waals surface area contributed by atoms with Crippen LogP contribution in [-0.2, 0) is 12.8 Å². The first-order chi connectivity index (χ1) is 13.8. The summed E-state index contributed by atoms with van der Waals surface area (Å²) in [5, 5.41) is 22.3. The molecule has 1 amide bonds. The van der Waals surface area contributed by atoms with Crippen molar-refractivity contribution in [3.63, 3.8) is 0 Å². The van der Waals surface area contributed by atoms with Crippen molar-refractivity contribution in [3.8, 4) is 11.5 Å². The maximum atomic E-state index is 12.4. The molecule has 3 N–H and O–H groups in total. The van der Waals surface area contributed by atoms with Crippen LogP contribution >= 0.6 is 0 Å². The van der Waals surface area contributed by atoms with E-state index in [1.165, 1.54) is 17.2 Å². The molecule has 0 saturated heterocycles. The summed E-state index contributed by atoms with van der Waals surface area (Å²) in [5.74, 6) is -0.0148. The molecular formula is C25H27NO3. The Morgan fingerprint density at radius 3 is 2.17 bits per heavy atom. The third-order valence-corrected chi connectivity index (χ3v) is 4.99. The Balaban J connectivity index is 1.67. The molecule has 0 radical (unpaired) electrons. The van der Waals surface area contributed by atoms with Crippen LogP contribution in [0.1, 0.15) is 40.9 Å². The molecule has 0 aromatic heterocycles. The predicted molar refractivity (Wildman–Crippen MR) is 115 cm³/mol. The fraction of sp³-hybridized carbons (Fsp3) is 0.240. The Morgan fingerprint density at radius 2 is 1.48 bits per heavy atom. The standard InChI is InChI=1S/C25H27NO3/c1-25(2,17-26-24(29)22-9-5-6-10-23(22)28)16-20-8-4-3-7-19(20)15-18-11-13-21(27)14-12-18/h3-14,27-28H,15-17H2,1-2H3,(H,26,29). The Bertz CT molecular complexity index is 977. The van der Waals surface area contributed by atoms with Gasteiger partial charge in [0.1, 0.15) is 11.5 Å². The van der Waals surface area contributed by atoms with E-state index < -0.39 is 0 Å². The molecule has 0 atom stereocenters. The zero-order valence-electron chi connectivity index (χ0n) is 16.9. The molecule has 3 aromatic carbocycles. The van der Waals surface area contributed by atoms with E-state index in [4.69, 9.17) is 0 Å². The smallest absolute Gasteiger partial charge is 0.255 e. The largest absolute Gasteiger partial charge is 0.508 e. The zero-order chi connectivity index (χ0) is 20.9. The van der Waals surface area contributed by atoms with Crippen molar-refractivity contribution in [1.29, 1.82) is 0 Å². The van der Waals surface area contributed by atoms with Crippen LogP contribution in [-0.4, -0.2) is 22.7 Å². The van der Waals surface area contributed by atoms with Crippen molar-refractivity contribution >= 4 is 5.91 Å². The Kier molecular flexibility index (Phi) is 6.23. The van der Waals surface area contributed by atoms with Crippen molar-refractivity contribution in [2.45, 2.75) is 26.7 Å². The maximum Gasteiger partial charge on any atom is 0.255 e. The summed E-state index contributed by atoms with van der Waals surface area (Å²) in [5.41, 5.74) is 3.74. The summed E-state index contributed by atoms with van der Waals surface area (Å²) in [6.45, 7) is 4.73. The monoisotopic (exact) mass is 389 g/mol. The maximum absolute atomic E-state index is 12.4. The summed E-state index contributed by atoms with van der Waals surface area (Å²) < 4.78 is 0. The molecule has 0 aliphatic heterocycles. The van der Waals surface area contributed by atoms with E-state index in [0.29, 0.717) is 6.54 Å². The number of hydrogen-bond donors (Lipinski definition) is 3. The van der Waals surface area contributed by atoms with Crippen LogP contribution in [0.25, 0.3) is 0 Å². The predicted octanol–water partition coefficient (Wildman–Crippen LogP) is 4.69. The second-order valence-corrected chi connectivity index (χ2v) is 8.15. The molecule has 0 unspecified atom stereocenters. The van der Waals surface area contributed by atoms with Gasteiger partial charge < -0.3 is 15.5 Å². The second kappa shape index (κ2) is 8.82. The molecule has 4 nitrogen and oxygen atoms in total. The van der Waals surface area contributed by atoms with Gasteiger partial charge in [-0.1, -0.05) is 62.4 Å². The van der Waals surface area contributed by atoms with Gasteiger partial charge in [-0.05, 0) is 59.2 Å². The minimum atomic E-state index is -0.270. The van der Waals surface area contributed by atoms with Crippen LogP contribution in [0, 0.1) is 5.41 Å². The zero-order valence-corrected chi connectivity index (χ0v) is 16.9. The number of carbonyl (C=O) groups excluding carboxylic acids is 1. The van der Waals surface area contributed by atoms with Crippen LogP contribution < -0.4 is 5.32 Å². The third-order valence-electron chi connectivity index (χ3n) is 4.99. The lowest BCUT2D eigenvalue weighted by Gasteiger charge is -2.26.